The lowest BCUT2D eigenvalue weighted by atomic mass is 10.1. The second kappa shape index (κ2) is 5.75. The van der Waals surface area contributed by atoms with Gasteiger partial charge in [0.2, 0.25) is 0 Å². The fourth-order valence-electron chi connectivity index (χ4n) is 1.61. The molecule has 0 radical (unpaired) electrons. The number of hydrogen-bond acceptors (Lipinski definition) is 4. The molecule has 0 fully saturated rings. The standard InChI is InChI=1S/C13H13NO3S/c1-2-17-11(9-6-4-3-5-7-9)12-14-10(8-18-12)13(15)16/h3-8,11H,2H2,1H3,(H,15,16). The van der Waals surface area contributed by atoms with Crippen molar-refractivity contribution in [2.75, 3.05) is 6.61 Å². The van der Waals surface area contributed by atoms with E-state index in [0.29, 0.717) is 11.6 Å². The van der Waals surface area contributed by atoms with E-state index >= 15 is 0 Å². The molecule has 5 heteroatoms. The van der Waals surface area contributed by atoms with Gasteiger partial charge in [-0.15, -0.1) is 11.3 Å². The minimum Gasteiger partial charge on any atom is -0.476 e. The first kappa shape index (κ1) is 12.7. The third-order valence-corrected chi connectivity index (χ3v) is 3.29. The maximum absolute atomic E-state index is 10.8. The highest BCUT2D eigenvalue weighted by molar-refractivity contribution is 7.09. The molecule has 0 amide bonds. The lowest BCUT2D eigenvalue weighted by Gasteiger charge is -2.14. The molecule has 1 heterocycles. The van der Waals surface area contributed by atoms with E-state index < -0.39 is 5.97 Å². The van der Waals surface area contributed by atoms with Crippen molar-refractivity contribution >= 4 is 17.3 Å². The number of benzene rings is 1. The van der Waals surface area contributed by atoms with Gasteiger partial charge >= 0.3 is 5.97 Å². The predicted octanol–water partition coefficient (Wildman–Crippen LogP) is 2.97. The maximum atomic E-state index is 10.8. The Hall–Kier alpha value is -1.72. The minimum absolute atomic E-state index is 0.0654. The summed E-state index contributed by atoms with van der Waals surface area (Å²) in [5, 5.41) is 11.1. The Labute approximate surface area is 109 Å². The number of carboxylic acids is 1. The molecule has 1 atom stereocenters. The zero-order valence-corrected chi connectivity index (χ0v) is 10.7. The van der Waals surface area contributed by atoms with Crippen molar-refractivity contribution in [2.24, 2.45) is 0 Å². The van der Waals surface area contributed by atoms with Crippen molar-refractivity contribution in [1.29, 1.82) is 0 Å². The topological polar surface area (TPSA) is 59.4 Å². The Bertz CT molecular complexity index is 524. The molecule has 0 aliphatic carbocycles. The lowest BCUT2D eigenvalue weighted by molar-refractivity contribution is 0.0688. The van der Waals surface area contributed by atoms with Crippen LogP contribution in [0.4, 0.5) is 0 Å². The van der Waals surface area contributed by atoms with Gasteiger partial charge in [0.25, 0.3) is 0 Å². The van der Waals surface area contributed by atoms with E-state index in [9.17, 15) is 4.79 Å². The second-order valence-corrected chi connectivity index (χ2v) is 4.51. The molecule has 94 valence electrons. The third-order valence-electron chi connectivity index (χ3n) is 2.40. The summed E-state index contributed by atoms with van der Waals surface area (Å²) in [4.78, 5) is 14.9. The van der Waals surface area contributed by atoms with Gasteiger partial charge in [-0.2, -0.15) is 0 Å². The van der Waals surface area contributed by atoms with E-state index in [2.05, 4.69) is 4.98 Å². The number of aromatic nitrogens is 1. The normalized spacial score (nSPS) is 12.3. The average molecular weight is 263 g/mol. The smallest absolute Gasteiger partial charge is 0.355 e. The van der Waals surface area contributed by atoms with E-state index in [1.165, 1.54) is 16.7 Å². The molecular formula is C13H13NO3S. The quantitative estimate of drug-likeness (QED) is 0.901. The van der Waals surface area contributed by atoms with Crippen molar-refractivity contribution in [3.8, 4) is 0 Å². The number of carboxylic acid groups (broad SMARTS) is 1. The average Bonchev–Trinajstić information content (AvgIpc) is 2.86. The Balaban J connectivity index is 2.32. The summed E-state index contributed by atoms with van der Waals surface area (Å²) in [5.41, 5.74) is 1.04. The number of nitrogens with zero attached hydrogens (tertiary/aromatic N) is 1. The fraction of sp³-hybridized carbons (Fsp3) is 0.231. The number of thiazole rings is 1. The van der Waals surface area contributed by atoms with Gasteiger partial charge in [0.15, 0.2) is 5.69 Å². The molecule has 18 heavy (non-hydrogen) atoms. The van der Waals surface area contributed by atoms with Crippen molar-refractivity contribution in [1.82, 2.24) is 4.98 Å². The van der Waals surface area contributed by atoms with E-state index in [-0.39, 0.29) is 11.8 Å². The SMILES string of the molecule is CCOC(c1ccccc1)c1nc(C(=O)O)cs1. The molecule has 0 spiro atoms. The van der Waals surface area contributed by atoms with E-state index in [1.807, 2.05) is 37.3 Å². The van der Waals surface area contributed by atoms with Gasteiger partial charge in [0.05, 0.1) is 0 Å². The lowest BCUT2D eigenvalue weighted by Crippen LogP contribution is -2.06. The molecule has 1 aromatic carbocycles. The van der Waals surface area contributed by atoms with Gasteiger partial charge in [0.1, 0.15) is 11.1 Å². The van der Waals surface area contributed by atoms with Crippen LogP contribution in [0.3, 0.4) is 0 Å². The molecule has 2 aromatic rings. The summed E-state index contributed by atoms with van der Waals surface area (Å²) >= 11 is 1.30. The van der Waals surface area contributed by atoms with Gasteiger partial charge in [-0.25, -0.2) is 9.78 Å². The van der Waals surface area contributed by atoms with Crippen LogP contribution in [0, 0.1) is 0 Å². The van der Waals surface area contributed by atoms with E-state index in [4.69, 9.17) is 9.84 Å². The van der Waals surface area contributed by atoms with E-state index in [1.54, 1.807) is 0 Å². The van der Waals surface area contributed by atoms with Gasteiger partial charge in [-0.1, -0.05) is 30.3 Å². The Morgan fingerprint density at radius 3 is 2.72 bits per heavy atom. The molecule has 4 nitrogen and oxygen atoms in total. The van der Waals surface area contributed by atoms with Crippen molar-refractivity contribution < 1.29 is 14.6 Å². The zero-order chi connectivity index (χ0) is 13.0. The van der Waals surface area contributed by atoms with Gasteiger partial charge in [0, 0.05) is 12.0 Å². The van der Waals surface area contributed by atoms with Gasteiger partial charge in [-0.3, -0.25) is 0 Å². The van der Waals surface area contributed by atoms with Crippen LogP contribution < -0.4 is 0 Å². The number of aromatic carboxylic acids is 1. The Morgan fingerprint density at radius 1 is 1.44 bits per heavy atom. The summed E-state index contributed by atoms with van der Waals surface area (Å²) in [6, 6.07) is 9.67. The van der Waals surface area contributed by atoms with E-state index in [0.717, 1.165) is 5.56 Å². The number of ether oxygens (including phenoxy) is 1. The van der Waals surface area contributed by atoms with Gasteiger partial charge < -0.3 is 9.84 Å². The molecule has 2 rings (SSSR count). The summed E-state index contributed by atoms with van der Waals surface area (Å²) in [6.07, 6.45) is -0.297. The molecule has 1 N–H and O–H groups in total. The largest absolute Gasteiger partial charge is 0.476 e. The molecule has 0 saturated carbocycles. The number of hydrogen-bond donors (Lipinski definition) is 1. The summed E-state index contributed by atoms with van der Waals surface area (Å²) in [5.74, 6) is -1.01. The monoisotopic (exact) mass is 263 g/mol. The highest BCUT2D eigenvalue weighted by Gasteiger charge is 2.19. The summed E-state index contributed by atoms with van der Waals surface area (Å²) in [7, 11) is 0. The highest BCUT2D eigenvalue weighted by atomic mass is 32.1. The van der Waals surface area contributed by atoms with Crippen LogP contribution in [0.2, 0.25) is 0 Å². The van der Waals surface area contributed by atoms with Crippen molar-refractivity contribution in [3.05, 3.63) is 52.0 Å². The Morgan fingerprint density at radius 2 is 2.17 bits per heavy atom. The van der Waals surface area contributed by atoms with Crippen LogP contribution in [0.15, 0.2) is 35.7 Å². The van der Waals surface area contributed by atoms with Crippen LogP contribution in [0.5, 0.6) is 0 Å². The van der Waals surface area contributed by atoms with Crippen LogP contribution >= 0.6 is 11.3 Å². The van der Waals surface area contributed by atoms with Crippen LogP contribution in [-0.2, 0) is 4.74 Å². The molecule has 0 saturated heterocycles. The first-order valence-electron chi connectivity index (χ1n) is 5.57. The number of carbonyl (C=O) groups is 1. The second-order valence-electron chi connectivity index (χ2n) is 3.62. The third kappa shape index (κ3) is 2.75. The molecule has 0 aliphatic rings. The predicted molar refractivity (Wildman–Crippen MR) is 69.0 cm³/mol. The minimum atomic E-state index is -1.01. The van der Waals surface area contributed by atoms with Crippen LogP contribution in [0.1, 0.15) is 34.1 Å². The van der Waals surface area contributed by atoms with Crippen LogP contribution in [-0.4, -0.2) is 22.7 Å². The molecule has 0 bridgehead atoms. The first-order chi connectivity index (χ1) is 8.72. The maximum Gasteiger partial charge on any atom is 0.355 e. The first-order valence-corrected chi connectivity index (χ1v) is 6.45. The molecule has 1 unspecified atom stereocenters. The summed E-state index contributed by atoms with van der Waals surface area (Å²) in [6.45, 7) is 2.45. The van der Waals surface area contributed by atoms with Crippen LogP contribution in [0.25, 0.3) is 0 Å². The Kier molecular flexibility index (Phi) is 4.07. The highest BCUT2D eigenvalue weighted by Crippen LogP contribution is 2.28. The van der Waals surface area contributed by atoms with Crippen molar-refractivity contribution in [2.45, 2.75) is 13.0 Å². The van der Waals surface area contributed by atoms with Crippen molar-refractivity contribution in [3.63, 3.8) is 0 Å². The fourth-order valence-corrected chi connectivity index (χ4v) is 2.48. The number of rotatable bonds is 5. The molecular weight excluding hydrogens is 250 g/mol. The summed E-state index contributed by atoms with van der Waals surface area (Å²) < 4.78 is 5.66. The van der Waals surface area contributed by atoms with Gasteiger partial charge in [-0.05, 0) is 12.5 Å². The zero-order valence-electron chi connectivity index (χ0n) is 9.87. The molecule has 0 aliphatic heterocycles. The molecule has 1 aromatic heterocycles.